The van der Waals surface area contributed by atoms with Gasteiger partial charge >= 0.3 is 6.18 Å². The van der Waals surface area contributed by atoms with Crippen molar-refractivity contribution in [2.75, 3.05) is 11.9 Å². The Balaban J connectivity index is 1.85. The second-order valence-corrected chi connectivity index (χ2v) is 5.73. The molecule has 1 aliphatic rings. The second-order valence-electron chi connectivity index (χ2n) is 5.73. The summed E-state index contributed by atoms with van der Waals surface area (Å²) in [7, 11) is 0. The molecule has 0 atom stereocenters. The second kappa shape index (κ2) is 5.74. The van der Waals surface area contributed by atoms with Crippen molar-refractivity contribution in [3.8, 4) is 6.07 Å². The Bertz CT molecular complexity index is 806. The molecule has 0 bridgehead atoms. The van der Waals surface area contributed by atoms with Crippen molar-refractivity contribution < 1.29 is 17.6 Å². The monoisotopic (exact) mass is 336 g/mol. The molecule has 124 valence electrons. The average molecular weight is 336 g/mol. The van der Waals surface area contributed by atoms with Crippen molar-refractivity contribution in [2.45, 2.75) is 24.4 Å². The Hall–Kier alpha value is -2.69. The van der Waals surface area contributed by atoms with Gasteiger partial charge in [0.1, 0.15) is 11.9 Å². The lowest BCUT2D eigenvalue weighted by atomic mass is 9.93. The van der Waals surface area contributed by atoms with E-state index in [0.29, 0.717) is 24.5 Å². The standard InChI is InChI=1S/C16H12F4N4/c17-12-6-10(5-11(7-12)16(18,19)20)15(1-2-15)9-24-14-13(8-21)22-3-4-23-14/h3-7H,1-2,9H2,(H,23,24). The van der Waals surface area contributed by atoms with Crippen LogP contribution in [-0.2, 0) is 11.6 Å². The van der Waals surface area contributed by atoms with E-state index in [1.807, 2.05) is 6.07 Å². The summed E-state index contributed by atoms with van der Waals surface area (Å²) in [6.07, 6.45) is -0.559. The lowest BCUT2D eigenvalue weighted by Gasteiger charge is -2.19. The Morgan fingerprint density at radius 1 is 1.17 bits per heavy atom. The van der Waals surface area contributed by atoms with Crippen LogP contribution >= 0.6 is 0 Å². The molecule has 1 saturated carbocycles. The first kappa shape index (κ1) is 16.2. The van der Waals surface area contributed by atoms with E-state index in [1.54, 1.807) is 0 Å². The van der Waals surface area contributed by atoms with Gasteiger partial charge in [-0.25, -0.2) is 14.4 Å². The molecule has 8 heteroatoms. The average Bonchev–Trinajstić information content (AvgIpc) is 3.33. The van der Waals surface area contributed by atoms with Crippen LogP contribution in [0.2, 0.25) is 0 Å². The van der Waals surface area contributed by atoms with Crippen LogP contribution in [0.3, 0.4) is 0 Å². The van der Waals surface area contributed by atoms with Gasteiger partial charge in [0.25, 0.3) is 0 Å². The summed E-state index contributed by atoms with van der Waals surface area (Å²) in [5, 5.41) is 11.9. The lowest BCUT2D eigenvalue weighted by molar-refractivity contribution is -0.137. The summed E-state index contributed by atoms with van der Waals surface area (Å²) >= 11 is 0. The molecule has 24 heavy (non-hydrogen) atoms. The molecule has 1 fully saturated rings. The quantitative estimate of drug-likeness (QED) is 0.866. The number of benzene rings is 1. The SMILES string of the molecule is N#Cc1nccnc1NCC1(c2cc(F)cc(C(F)(F)F)c2)CC1. The predicted octanol–water partition coefficient (Wildman–Crippen LogP) is 3.65. The Morgan fingerprint density at radius 2 is 1.88 bits per heavy atom. The minimum atomic E-state index is -4.60. The first-order chi connectivity index (χ1) is 11.3. The highest BCUT2D eigenvalue weighted by Gasteiger charge is 2.45. The number of aromatic nitrogens is 2. The molecular weight excluding hydrogens is 324 g/mol. The molecular formula is C16H12F4N4. The van der Waals surface area contributed by atoms with E-state index in [4.69, 9.17) is 5.26 Å². The molecule has 3 rings (SSSR count). The maximum absolute atomic E-state index is 13.6. The number of anilines is 1. The minimum Gasteiger partial charge on any atom is -0.367 e. The predicted molar refractivity (Wildman–Crippen MR) is 77.6 cm³/mol. The van der Waals surface area contributed by atoms with Crippen LogP contribution in [0.1, 0.15) is 29.7 Å². The van der Waals surface area contributed by atoms with Gasteiger partial charge in [-0.3, -0.25) is 0 Å². The van der Waals surface area contributed by atoms with E-state index < -0.39 is 23.0 Å². The maximum atomic E-state index is 13.6. The molecule has 0 amide bonds. The van der Waals surface area contributed by atoms with E-state index in [0.717, 1.165) is 12.1 Å². The van der Waals surface area contributed by atoms with Crippen molar-refractivity contribution in [1.82, 2.24) is 9.97 Å². The zero-order chi connectivity index (χ0) is 17.4. The van der Waals surface area contributed by atoms with Crippen molar-refractivity contribution in [3.05, 3.63) is 53.2 Å². The van der Waals surface area contributed by atoms with Gasteiger partial charge in [0.2, 0.25) is 0 Å². The number of nitrogens with zero attached hydrogens (tertiary/aromatic N) is 3. The number of nitriles is 1. The summed E-state index contributed by atoms with van der Waals surface area (Å²) < 4.78 is 52.2. The number of rotatable bonds is 4. The van der Waals surface area contributed by atoms with E-state index in [2.05, 4.69) is 15.3 Å². The topological polar surface area (TPSA) is 61.6 Å². The number of nitrogens with one attached hydrogen (secondary N) is 1. The highest BCUT2D eigenvalue weighted by Crippen LogP contribution is 2.49. The number of halogens is 4. The third kappa shape index (κ3) is 3.15. The fourth-order valence-electron chi connectivity index (χ4n) is 2.58. The van der Waals surface area contributed by atoms with Gasteiger partial charge in [-0.1, -0.05) is 0 Å². The van der Waals surface area contributed by atoms with Crippen LogP contribution in [-0.4, -0.2) is 16.5 Å². The molecule has 1 N–H and O–H groups in total. The molecule has 1 aromatic carbocycles. The summed E-state index contributed by atoms with van der Waals surface area (Å²) in [6.45, 7) is 0.251. The van der Waals surface area contributed by atoms with Gasteiger partial charge in [-0.2, -0.15) is 18.4 Å². The molecule has 0 saturated heterocycles. The molecule has 0 spiro atoms. The third-order valence-corrected chi connectivity index (χ3v) is 4.09. The maximum Gasteiger partial charge on any atom is 0.416 e. The summed E-state index contributed by atoms with van der Waals surface area (Å²) in [5.41, 5.74) is -1.19. The van der Waals surface area contributed by atoms with Gasteiger partial charge in [0, 0.05) is 24.4 Å². The van der Waals surface area contributed by atoms with E-state index in [9.17, 15) is 17.6 Å². The van der Waals surface area contributed by atoms with Gasteiger partial charge in [0.05, 0.1) is 5.56 Å². The van der Waals surface area contributed by atoms with Gasteiger partial charge in [-0.05, 0) is 36.6 Å². The molecule has 0 unspecified atom stereocenters. The largest absolute Gasteiger partial charge is 0.416 e. The number of hydrogen-bond acceptors (Lipinski definition) is 4. The van der Waals surface area contributed by atoms with Crippen molar-refractivity contribution in [3.63, 3.8) is 0 Å². The Morgan fingerprint density at radius 3 is 2.50 bits per heavy atom. The van der Waals surface area contributed by atoms with Crippen molar-refractivity contribution >= 4 is 5.82 Å². The van der Waals surface area contributed by atoms with Crippen molar-refractivity contribution in [2.24, 2.45) is 0 Å². The van der Waals surface area contributed by atoms with Crippen LogP contribution < -0.4 is 5.32 Å². The lowest BCUT2D eigenvalue weighted by Crippen LogP contribution is -2.22. The molecule has 0 aliphatic heterocycles. The fourth-order valence-corrected chi connectivity index (χ4v) is 2.58. The van der Waals surface area contributed by atoms with E-state index >= 15 is 0 Å². The Labute approximate surface area is 135 Å². The normalized spacial score (nSPS) is 15.6. The zero-order valence-corrected chi connectivity index (χ0v) is 12.4. The molecule has 2 aromatic rings. The molecule has 1 aromatic heterocycles. The third-order valence-electron chi connectivity index (χ3n) is 4.09. The van der Waals surface area contributed by atoms with Gasteiger partial charge < -0.3 is 5.32 Å². The minimum absolute atomic E-state index is 0.100. The fraction of sp³-hybridized carbons (Fsp3) is 0.312. The van der Waals surface area contributed by atoms with Crippen LogP contribution in [0, 0.1) is 17.1 Å². The van der Waals surface area contributed by atoms with E-state index in [1.165, 1.54) is 12.4 Å². The van der Waals surface area contributed by atoms with Gasteiger partial charge in [-0.15, -0.1) is 0 Å². The Kier molecular flexibility index (Phi) is 3.87. The smallest absolute Gasteiger partial charge is 0.367 e. The molecule has 1 heterocycles. The van der Waals surface area contributed by atoms with Crippen LogP contribution in [0.25, 0.3) is 0 Å². The highest BCUT2D eigenvalue weighted by atomic mass is 19.4. The van der Waals surface area contributed by atoms with E-state index in [-0.39, 0.29) is 18.1 Å². The summed E-state index contributed by atoms with van der Waals surface area (Å²) in [5.74, 6) is -0.651. The van der Waals surface area contributed by atoms with Crippen molar-refractivity contribution in [1.29, 1.82) is 5.26 Å². The number of hydrogen-bond donors (Lipinski definition) is 1. The van der Waals surface area contributed by atoms with Crippen LogP contribution in [0.4, 0.5) is 23.4 Å². The van der Waals surface area contributed by atoms with Crippen LogP contribution in [0.5, 0.6) is 0 Å². The highest BCUT2D eigenvalue weighted by molar-refractivity contribution is 5.48. The summed E-state index contributed by atoms with van der Waals surface area (Å²) in [6, 6.07) is 4.49. The van der Waals surface area contributed by atoms with Gasteiger partial charge in [0.15, 0.2) is 11.5 Å². The molecule has 0 radical (unpaired) electrons. The summed E-state index contributed by atoms with van der Waals surface area (Å²) in [4.78, 5) is 7.85. The first-order valence-corrected chi connectivity index (χ1v) is 7.17. The number of alkyl halides is 3. The van der Waals surface area contributed by atoms with Crippen LogP contribution in [0.15, 0.2) is 30.6 Å². The molecule has 4 nitrogen and oxygen atoms in total. The first-order valence-electron chi connectivity index (χ1n) is 7.17. The zero-order valence-electron chi connectivity index (χ0n) is 12.4. The molecule has 1 aliphatic carbocycles.